The molecule has 0 spiro atoms. The standard InChI is InChI=1S/C23H25N.C20H26O3.ClH/c1-19(20-11-5-2-6-12-20)24-18-17-23(21-13-7-3-8-14-21)22-15-9-4-10-16-22;1-12(21)23-19-8-7-18-17-5-3-13-11-14(22)4-6-15(13)16(17)9-10-20(18,19)2;/h2-16,19,23-24H,17-18H2,1H3;4,6,11,16-19,22H,3,5,7-10H2,1-2H3;1H. The molecule has 4 nitrogen and oxygen atoms in total. The molecule has 0 heterocycles. The highest BCUT2D eigenvalue weighted by Crippen LogP contribution is 2.61. The van der Waals surface area contributed by atoms with Crippen LogP contribution in [0.3, 0.4) is 0 Å². The molecule has 3 aliphatic carbocycles. The minimum atomic E-state index is -0.136. The topological polar surface area (TPSA) is 58.6 Å². The minimum Gasteiger partial charge on any atom is -0.508 e. The summed E-state index contributed by atoms with van der Waals surface area (Å²) in [5, 5.41) is 13.4. The number of hydrogen-bond donors (Lipinski definition) is 2. The van der Waals surface area contributed by atoms with E-state index in [1.807, 2.05) is 12.1 Å². The van der Waals surface area contributed by atoms with Crippen LogP contribution in [0.1, 0.15) is 105 Å². The number of rotatable bonds is 8. The molecule has 254 valence electrons. The third-order valence-electron chi connectivity index (χ3n) is 11.5. The number of benzene rings is 4. The van der Waals surface area contributed by atoms with Gasteiger partial charge in [0.1, 0.15) is 11.9 Å². The van der Waals surface area contributed by atoms with Gasteiger partial charge in [-0.3, -0.25) is 4.79 Å². The highest BCUT2D eigenvalue weighted by atomic mass is 35.5. The maximum atomic E-state index is 11.4. The Morgan fingerprint density at radius 3 is 2.06 bits per heavy atom. The summed E-state index contributed by atoms with van der Waals surface area (Å²) in [6.07, 6.45) is 7.97. The van der Waals surface area contributed by atoms with E-state index in [9.17, 15) is 9.90 Å². The van der Waals surface area contributed by atoms with Gasteiger partial charge in [0.25, 0.3) is 0 Å². The fourth-order valence-corrected chi connectivity index (χ4v) is 9.11. The monoisotopic (exact) mass is 665 g/mol. The van der Waals surface area contributed by atoms with Crippen LogP contribution in [0.15, 0.2) is 109 Å². The van der Waals surface area contributed by atoms with Gasteiger partial charge in [-0.15, -0.1) is 12.4 Å². The number of hydrogen-bond acceptors (Lipinski definition) is 4. The number of esters is 1. The van der Waals surface area contributed by atoms with Crippen LogP contribution in [-0.4, -0.2) is 23.7 Å². The first-order valence-corrected chi connectivity index (χ1v) is 17.7. The fourth-order valence-electron chi connectivity index (χ4n) is 9.11. The molecule has 2 saturated carbocycles. The number of ether oxygens (including phenoxy) is 1. The average Bonchev–Trinajstić information content (AvgIpc) is 3.43. The molecule has 48 heavy (non-hydrogen) atoms. The summed E-state index contributed by atoms with van der Waals surface area (Å²) in [4.78, 5) is 11.4. The summed E-state index contributed by atoms with van der Waals surface area (Å²) in [5.74, 6) is 2.66. The summed E-state index contributed by atoms with van der Waals surface area (Å²) in [7, 11) is 0. The summed E-state index contributed by atoms with van der Waals surface area (Å²) in [6, 6.07) is 38.6. The van der Waals surface area contributed by atoms with Crippen molar-refractivity contribution in [3.05, 3.63) is 137 Å². The van der Waals surface area contributed by atoms with Crippen LogP contribution in [-0.2, 0) is 16.0 Å². The zero-order valence-electron chi connectivity index (χ0n) is 28.7. The first kappa shape index (κ1) is 35.7. The molecular weight excluding hydrogens is 614 g/mol. The summed E-state index contributed by atoms with van der Waals surface area (Å²) >= 11 is 0. The van der Waals surface area contributed by atoms with Gasteiger partial charge in [0.15, 0.2) is 0 Å². The Hall–Kier alpha value is -3.60. The predicted molar refractivity (Wildman–Crippen MR) is 198 cm³/mol. The molecule has 4 aromatic rings. The number of fused-ring (bicyclic) bond motifs is 5. The van der Waals surface area contributed by atoms with Gasteiger partial charge in [0.05, 0.1) is 0 Å². The van der Waals surface area contributed by atoms with Gasteiger partial charge < -0.3 is 15.2 Å². The number of phenolic OH excluding ortho intramolecular Hbond substituents is 1. The molecule has 4 aromatic carbocycles. The number of aromatic hydroxyl groups is 1. The van der Waals surface area contributed by atoms with Gasteiger partial charge in [-0.1, -0.05) is 104 Å². The van der Waals surface area contributed by atoms with Crippen LogP contribution in [0.25, 0.3) is 0 Å². The summed E-state index contributed by atoms with van der Waals surface area (Å²) in [6.45, 7) is 7.10. The number of halogens is 1. The van der Waals surface area contributed by atoms with E-state index in [0.29, 0.717) is 35.5 Å². The quantitative estimate of drug-likeness (QED) is 0.184. The van der Waals surface area contributed by atoms with Crippen molar-refractivity contribution in [2.45, 2.75) is 89.7 Å². The maximum Gasteiger partial charge on any atom is 0.302 e. The van der Waals surface area contributed by atoms with Crippen molar-refractivity contribution < 1.29 is 14.6 Å². The van der Waals surface area contributed by atoms with Crippen molar-refractivity contribution in [1.29, 1.82) is 0 Å². The molecular formula is C43H52ClNO3. The molecule has 0 bridgehead atoms. The lowest BCUT2D eigenvalue weighted by Gasteiger charge is -2.50. The average molecular weight is 666 g/mol. The van der Waals surface area contributed by atoms with Crippen LogP contribution >= 0.6 is 12.4 Å². The third-order valence-corrected chi connectivity index (χ3v) is 11.5. The van der Waals surface area contributed by atoms with E-state index in [2.05, 4.69) is 116 Å². The number of nitrogens with one attached hydrogen (secondary N) is 1. The number of aryl methyl sites for hydroxylation is 1. The Balaban J connectivity index is 0.000000184. The lowest BCUT2D eigenvalue weighted by atomic mass is 9.55. The van der Waals surface area contributed by atoms with Gasteiger partial charge in [0, 0.05) is 24.3 Å². The van der Waals surface area contributed by atoms with Gasteiger partial charge in [-0.25, -0.2) is 0 Å². The Morgan fingerprint density at radius 1 is 0.854 bits per heavy atom. The van der Waals surface area contributed by atoms with Crippen LogP contribution < -0.4 is 5.32 Å². The molecule has 5 heteroatoms. The van der Waals surface area contributed by atoms with E-state index < -0.39 is 0 Å². The van der Waals surface area contributed by atoms with E-state index in [-0.39, 0.29) is 29.9 Å². The third kappa shape index (κ3) is 7.98. The van der Waals surface area contributed by atoms with E-state index >= 15 is 0 Å². The van der Waals surface area contributed by atoms with Crippen molar-refractivity contribution in [3.63, 3.8) is 0 Å². The Bertz CT molecular complexity index is 1560. The lowest BCUT2D eigenvalue weighted by molar-refractivity contribution is -0.154. The fraction of sp³-hybridized carbons (Fsp3) is 0.419. The molecule has 0 radical (unpaired) electrons. The molecule has 2 N–H and O–H groups in total. The Morgan fingerprint density at radius 2 is 1.46 bits per heavy atom. The number of phenols is 1. The van der Waals surface area contributed by atoms with E-state index in [4.69, 9.17) is 4.74 Å². The Kier molecular flexibility index (Phi) is 12.0. The van der Waals surface area contributed by atoms with Gasteiger partial charge >= 0.3 is 5.97 Å². The smallest absolute Gasteiger partial charge is 0.302 e. The molecule has 0 aliphatic heterocycles. The van der Waals surface area contributed by atoms with Crippen LogP contribution in [0.5, 0.6) is 5.75 Å². The van der Waals surface area contributed by atoms with E-state index in [0.717, 1.165) is 32.2 Å². The largest absolute Gasteiger partial charge is 0.508 e. The predicted octanol–water partition coefficient (Wildman–Crippen LogP) is 10.2. The zero-order chi connectivity index (χ0) is 32.8. The normalized spacial score (nSPS) is 24.5. The molecule has 7 rings (SSSR count). The minimum absolute atomic E-state index is 0. The van der Waals surface area contributed by atoms with E-state index in [1.165, 1.54) is 54.0 Å². The molecule has 0 amide bonds. The second-order valence-corrected chi connectivity index (χ2v) is 14.3. The van der Waals surface area contributed by atoms with Crippen LogP contribution in [0.2, 0.25) is 0 Å². The van der Waals surface area contributed by atoms with Crippen molar-refractivity contribution in [3.8, 4) is 5.75 Å². The molecule has 6 unspecified atom stereocenters. The first-order valence-electron chi connectivity index (χ1n) is 17.7. The molecule has 0 aromatic heterocycles. The maximum absolute atomic E-state index is 11.4. The van der Waals surface area contributed by atoms with Crippen LogP contribution in [0.4, 0.5) is 0 Å². The summed E-state index contributed by atoms with van der Waals surface area (Å²) < 4.78 is 5.68. The second kappa shape index (κ2) is 16.2. The first-order chi connectivity index (χ1) is 22.8. The van der Waals surface area contributed by atoms with Gasteiger partial charge in [-0.05, 0) is 116 Å². The van der Waals surface area contributed by atoms with Gasteiger partial charge in [-0.2, -0.15) is 0 Å². The molecule has 6 atom stereocenters. The zero-order valence-corrected chi connectivity index (χ0v) is 29.5. The highest BCUT2D eigenvalue weighted by Gasteiger charge is 2.56. The van der Waals surface area contributed by atoms with Crippen molar-refractivity contribution in [2.75, 3.05) is 6.54 Å². The second-order valence-electron chi connectivity index (χ2n) is 14.3. The SMILES string of the molecule is CC(=O)OC1CCC2C3CCc4cc(O)ccc4C3CCC12C.CC(NCCC(c1ccccc1)c1ccccc1)c1ccccc1.Cl. The highest BCUT2D eigenvalue weighted by molar-refractivity contribution is 5.85. The Labute approximate surface area is 293 Å². The van der Waals surface area contributed by atoms with E-state index in [1.54, 1.807) is 0 Å². The van der Waals surface area contributed by atoms with Crippen molar-refractivity contribution in [1.82, 2.24) is 5.32 Å². The van der Waals surface area contributed by atoms with Crippen molar-refractivity contribution >= 4 is 18.4 Å². The van der Waals surface area contributed by atoms with Crippen LogP contribution in [0, 0.1) is 17.3 Å². The van der Waals surface area contributed by atoms with Crippen molar-refractivity contribution in [2.24, 2.45) is 17.3 Å². The van der Waals surface area contributed by atoms with Gasteiger partial charge in [0.2, 0.25) is 0 Å². The number of carbonyl (C=O) groups excluding carboxylic acids is 1. The molecule has 3 aliphatic rings. The summed E-state index contributed by atoms with van der Waals surface area (Å²) in [5.41, 5.74) is 7.06. The molecule has 2 fully saturated rings. The molecule has 0 saturated heterocycles. The number of carbonyl (C=O) groups is 1. The lowest BCUT2D eigenvalue weighted by Crippen LogP contribution is -2.45.